The highest BCUT2D eigenvalue weighted by Crippen LogP contribution is 2.66. The molecule has 8 atom stereocenters. The van der Waals surface area contributed by atoms with E-state index < -0.39 is 0 Å². The van der Waals surface area contributed by atoms with Gasteiger partial charge in [-0.3, -0.25) is 0 Å². The monoisotopic (exact) mass is 358 g/mol. The zero-order valence-electron chi connectivity index (χ0n) is 17.1. The first-order valence-corrected chi connectivity index (χ1v) is 10.7. The number of hydrogen-bond donors (Lipinski definition) is 0. The summed E-state index contributed by atoms with van der Waals surface area (Å²) in [6.07, 6.45) is 5.13. The average Bonchev–Trinajstić information content (AvgIpc) is 3.10. The Bertz CT molecular complexity index is 612. The molecule has 0 aromatic rings. The molecule has 142 valence electrons. The highest BCUT2D eigenvalue weighted by Gasteiger charge is 2.72. The molecule has 26 heavy (non-hydrogen) atoms. The fraction of sp³-hybridized carbons (Fsp3) is 1.00. The Hall–Kier alpha value is -0.0301. The molecule has 0 unspecified atom stereocenters. The van der Waals surface area contributed by atoms with Crippen LogP contribution >= 0.6 is 0 Å². The van der Waals surface area contributed by atoms with Gasteiger partial charge in [0.05, 0.1) is 23.4 Å². The minimum atomic E-state index is -0.372. The SMILES string of the molecule is CC1(C)[C@H]2C[C@@H]1[C@@H]1OB(B3O[C@H]4[C@H]5C[C@@H](C[C@]4(C)O3)C5(C)C)O[C@@]1(C)C2. The molecule has 6 saturated carbocycles. The van der Waals surface area contributed by atoms with Crippen LogP contribution in [0.4, 0.5) is 0 Å². The first-order valence-electron chi connectivity index (χ1n) is 10.7. The van der Waals surface area contributed by atoms with Crippen molar-refractivity contribution in [1.82, 2.24) is 0 Å². The van der Waals surface area contributed by atoms with Gasteiger partial charge >= 0.3 is 14.0 Å². The summed E-state index contributed by atoms with van der Waals surface area (Å²) in [5, 5.41) is 0. The molecule has 2 heterocycles. The molecule has 8 rings (SSSR count). The molecule has 2 aliphatic heterocycles. The van der Waals surface area contributed by atoms with Crippen molar-refractivity contribution < 1.29 is 18.6 Å². The predicted molar refractivity (Wildman–Crippen MR) is 100 cm³/mol. The zero-order valence-corrected chi connectivity index (χ0v) is 17.1. The Balaban J connectivity index is 1.23. The summed E-state index contributed by atoms with van der Waals surface area (Å²) >= 11 is 0. The summed E-state index contributed by atoms with van der Waals surface area (Å²) in [4.78, 5) is 0. The fourth-order valence-electron chi connectivity index (χ4n) is 7.72. The lowest BCUT2D eigenvalue weighted by Gasteiger charge is -2.63. The summed E-state index contributed by atoms with van der Waals surface area (Å²) in [5.41, 5.74) is 0.420. The van der Waals surface area contributed by atoms with Crippen LogP contribution in [0.15, 0.2) is 0 Å². The van der Waals surface area contributed by atoms with Crippen LogP contribution in [-0.4, -0.2) is 37.4 Å². The Morgan fingerprint density at radius 1 is 0.654 bits per heavy atom. The van der Waals surface area contributed by atoms with Crippen molar-refractivity contribution in [1.29, 1.82) is 0 Å². The van der Waals surface area contributed by atoms with Crippen molar-refractivity contribution in [3.05, 3.63) is 0 Å². The largest absolute Gasteiger partial charge is 0.488 e. The summed E-state index contributed by atoms with van der Waals surface area (Å²) in [6, 6.07) is 0. The second kappa shape index (κ2) is 4.58. The molecule has 4 nitrogen and oxygen atoms in total. The maximum atomic E-state index is 6.52. The lowest BCUT2D eigenvalue weighted by atomic mass is 9.45. The van der Waals surface area contributed by atoms with E-state index in [9.17, 15) is 0 Å². The van der Waals surface area contributed by atoms with E-state index >= 15 is 0 Å². The van der Waals surface area contributed by atoms with Gasteiger partial charge in [-0.25, -0.2) is 0 Å². The lowest BCUT2D eigenvalue weighted by Crippen LogP contribution is -2.63. The van der Waals surface area contributed by atoms with Crippen LogP contribution in [0.1, 0.15) is 67.2 Å². The minimum absolute atomic E-state index is 0.170. The topological polar surface area (TPSA) is 36.9 Å². The predicted octanol–water partition coefficient (Wildman–Crippen LogP) is 3.52. The third kappa shape index (κ3) is 1.79. The van der Waals surface area contributed by atoms with E-state index in [0.717, 1.165) is 24.7 Å². The van der Waals surface area contributed by atoms with E-state index in [0.29, 0.717) is 22.7 Å². The molecule has 8 fully saturated rings. The molecule has 0 amide bonds. The summed E-state index contributed by atoms with van der Waals surface area (Å²) in [6.45, 7) is 14.1. The van der Waals surface area contributed by atoms with E-state index in [1.165, 1.54) is 12.8 Å². The highest BCUT2D eigenvalue weighted by atomic mass is 16.7. The van der Waals surface area contributed by atoms with Crippen LogP contribution in [-0.2, 0) is 18.6 Å². The molecule has 8 aliphatic rings. The van der Waals surface area contributed by atoms with Crippen molar-refractivity contribution in [3.63, 3.8) is 0 Å². The molecule has 0 N–H and O–H groups in total. The highest BCUT2D eigenvalue weighted by molar-refractivity contribution is 7.11. The van der Waals surface area contributed by atoms with Gasteiger partial charge in [0.1, 0.15) is 0 Å². The van der Waals surface area contributed by atoms with Crippen molar-refractivity contribution in [2.24, 2.45) is 34.5 Å². The van der Waals surface area contributed by atoms with Crippen molar-refractivity contribution in [3.8, 4) is 0 Å². The normalized spacial score (nSPS) is 57.9. The molecule has 6 aliphatic carbocycles. The third-order valence-electron chi connectivity index (χ3n) is 9.89. The van der Waals surface area contributed by atoms with Crippen molar-refractivity contribution in [2.45, 2.75) is 90.6 Å². The second-order valence-electron chi connectivity index (χ2n) is 11.8. The van der Waals surface area contributed by atoms with Crippen LogP contribution in [0.5, 0.6) is 0 Å². The standard InChI is InChI=1S/C20H32B2O4/c1-17(2)11-7-13(17)15-19(5,9-11)25-21(23-15)22-24-16-14-8-12(18(14,3)4)10-20(16,6)26-22/h11-16H,7-10H2,1-6H3/t11-,12-,13+,14+,15-,16-,19-,20-/m0/s1. The Kier molecular flexibility index (Phi) is 2.97. The maximum absolute atomic E-state index is 6.52. The van der Waals surface area contributed by atoms with Gasteiger partial charge in [0.15, 0.2) is 0 Å². The summed E-state index contributed by atoms with van der Waals surface area (Å²) in [5.74, 6) is 2.72. The Labute approximate surface area is 158 Å². The van der Waals surface area contributed by atoms with Gasteiger partial charge in [0, 0.05) is 0 Å². The Morgan fingerprint density at radius 3 is 1.38 bits per heavy atom. The van der Waals surface area contributed by atoms with Crippen LogP contribution in [0.2, 0.25) is 0 Å². The van der Waals surface area contributed by atoms with E-state index in [-0.39, 0.29) is 37.4 Å². The molecule has 0 spiro atoms. The zero-order chi connectivity index (χ0) is 18.3. The van der Waals surface area contributed by atoms with Gasteiger partial charge < -0.3 is 18.6 Å². The van der Waals surface area contributed by atoms with Gasteiger partial charge in [-0.2, -0.15) is 0 Å². The van der Waals surface area contributed by atoms with Crippen LogP contribution in [0.25, 0.3) is 0 Å². The molecule has 0 aromatic heterocycles. The maximum Gasteiger partial charge on any atom is 0.488 e. The summed E-state index contributed by atoms with van der Waals surface area (Å²) < 4.78 is 26.1. The van der Waals surface area contributed by atoms with Gasteiger partial charge in [-0.15, -0.1) is 0 Å². The molecule has 6 heteroatoms. The minimum Gasteiger partial charge on any atom is -0.407 e. The molecule has 0 aromatic carbocycles. The van der Waals surface area contributed by atoms with Crippen molar-refractivity contribution >= 4 is 14.0 Å². The smallest absolute Gasteiger partial charge is 0.407 e. The molecule has 0 radical (unpaired) electrons. The fourth-order valence-corrected chi connectivity index (χ4v) is 7.72. The van der Waals surface area contributed by atoms with Crippen molar-refractivity contribution in [2.75, 3.05) is 0 Å². The molecular weight excluding hydrogens is 326 g/mol. The van der Waals surface area contributed by atoms with E-state index in [2.05, 4.69) is 41.5 Å². The number of hydrogen-bond acceptors (Lipinski definition) is 4. The lowest BCUT2D eigenvalue weighted by molar-refractivity contribution is -0.185. The van der Waals surface area contributed by atoms with Gasteiger partial charge in [-0.1, -0.05) is 27.7 Å². The van der Waals surface area contributed by atoms with Gasteiger partial charge in [-0.05, 0) is 74.0 Å². The van der Waals surface area contributed by atoms with Crippen LogP contribution in [0.3, 0.4) is 0 Å². The van der Waals surface area contributed by atoms with E-state index in [1.54, 1.807) is 0 Å². The third-order valence-corrected chi connectivity index (χ3v) is 9.89. The van der Waals surface area contributed by atoms with Gasteiger partial charge in [0.2, 0.25) is 0 Å². The Morgan fingerprint density at radius 2 is 1.04 bits per heavy atom. The first kappa shape index (κ1) is 16.9. The average molecular weight is 358 g/mol. The molecule has 4 bridgehead atoms. The van der Waals surface area contributed by atoms with Gasteiger partial charge in [0.25, 0.3) is 0 Å². The molecular formula is C20H32B2O4. The quantitative estimate of drug-likeness (QED) is 0.673. The van der Waals surface area contributed by atoms with Crippen LogP contribution < -0.4 is 0 Å². The van der Waals surface area contributed by atoms with E-state index in [1.807, 2.05) is 0 Å². The van der Waals surface area contributed by atoms with Crippen LogP contribution in [0, 0.1) is 34.5 Å². The first-order chi connectivity index (χ1) is 12.0. The van der Waals surface area contributed by atoms with E-state index in [4.69, 9.17) is 18.6 Å². The molecule has 2 saturated heterocycles. The summed E-state index contributed by atoms with van der Waals surface area (Å²) in [7, 11) is -0.745. The number of rotatable bonds is 1. The second-order valence-corrected chi connectivity index (χ2v) is 11.8.